The van der Waals surface area contributed by atoms with Crippen LogP contribution in [0.4, 0.5) is 5.69 Å². The van der Waals surface area contributed by atoms with Crippen molar-refractivity contribution >= 4 is 17.5 Å². The van der Waals surface area contributed by atoms with Gasteiger partial charge in [-0.15, -0.1) is 0 Å². The van der Waals surface area contributed by atoms with Gasteiger partial charge < -0.3 is 25.8 Å². The van der Waals surface area contributed by atoms with E-state index in [9.17, 15) is 9.59 Å². The average molecular weight is 335 g/mol. The molecule has 7 heteroatoms. The molecule has 132 valence electrons. The summed E-state index contributed by atoms with van der Waals surface area (Å²) in [5.41, 5.74) is 6.71. The van der Waals surface area contributed by atoms with Gasteiger partial charge in [0.2, 0.25) is 11.8 Å². The van der Waals surface area contributed by atoms with Gasteiger partial charge in [-0.2, -0.15) is 0 Å². The van der Waals surface area contributed by atoms with Gasteiger partial charge in [-0.3, -0.25) is 9.59 Å². The summed E-state index contributed by atoms with van der Waals surface area (Å²) in [5.74, 6) is 0.549. The zero-order valence-corrected chi connectivity index (χ0v) is 13.9. The molecular weight excluding hydrogens is 310 g/mol. The highest BCUT2D eigenvalue weighted by atomic mass is 16.5. The summed E-state index contributed by atoms with van der Waals surface area (Å²) < 4.78 is 10.8. The van der Waals surface area contributed by atoms with E-state index in [-0.39, 0.29) is 17.7 Å². The minimum Gasteiger partial charge on any atom is -0.493 e. The summed E-state index contributed by atoms with van der Waals surface area (Å²) in [5, 5.41) is 5.36. The van der Waals surface area contributed by atoms with Crippen molar-refractivity contribution in [2.24, 2.45) is 11.7 Å². The number of benzene rings is 1. The van der Waals surface area contributed by atoms with Gasteiger partial charge in [-0.25, -0.2) is 0 Å². The van der Waals surface area contributed by atoms with Crippen molar-refractivity contribution in [3.63, 3.8) is 0 Å². The van der Waals surface area contributed by atoms with E-state index in [1.807, 2.05) is 0 Å². The highest BCUT2D eigenvalue weighted by Crippen LogP contribution is 2.20. The van der Waals surface area contributed by atoms with Crippen molar-refractivity contribution in [2.45, 2.75) is 25.3 Å². The number of ether oxygens (including phenoxy) is 2. The summed E-state index contributed by atoms with van der Waals surface area (Å²) in [6.45, 7) is 1.63. The van der Waals surface area contributed by atoms with Gasteiger partial charge in [0.15, 0.2) is 0 Å². The summed E-state index contributed by atoms with van der Waals surface area (Å²) in [7, 11) is 1.59. The fourth-order valence-electron chi connectivity index (χ4n) is 2.54. The molecule has 1 heterocycles. The summed E-state index contributed by atoms with van der Waals surface area (Å²) >= 11 is 0. The number of rotatable bonds is 7. The Morgan fingerprint density at radius 3 is 2.58 bits per heavy atom. The molecule has 0 radical (unpaired) electrons. The first-order valence-corrected chi connectivity index (χ1v) is 8.18. The molecule has 0 aromatic heterocycles. The second kappa shape index (κ2) is 9.24. The molecule has 1 aliphatic rings. The maximum absolute atomic E-state index is 12.2. The largest absolute Gasteiger partial charge is 0.493 e. The number of anilines is 1. The molecule has 1 aromatic carbocycles. The minimum absolute atomic E-state index is 0.0685. The highest BCUT2D eigenvalue weighted by Gasteiger charge is 2.26. The van der Waals surface area contributed by atoms with Gasteiger partial charge in [0, 0.05) is 25.9 Å². The topological polar surface area (TPSA) is 103 Å². The molecule has 1 atom stereocenters. The molecule has 0 spiro atoms. The van der Waals surface area contributed by atoms with Crippen LogP contribution in [0.5, 0.6) is 5.75 Å². The predicted octanol–water partition coefficient (Wildman–Crippen LogP) is 0.894. The van der Waals surface area contributed by atoms with Gasteiger partial charge in [-0.05, 0) is 43.0 Å². The number of hydrogen-bond acceptors (Lipinski definition) is 5. The van der Waals surface area contributed by atoms with Crippen LogP contribution in [0.1, 0.15) is 19.3 Å². The van der Waals surface area contributed by atoms with E-state index < -0.39 is 6.04 Å². The summed E-state index contributed by atoms with van der Waals surface area (Å²) in [4.78, 5) is 23.3. The van der Waals surface area contributed by atoms with Gasteiger partial charge in [0.05, 0.1) is 19.1 Å². The molecule has 24 heavy (non-hydrogen) atoms. The van der Waals surface area contributed by atoms with E-state index in [2.05, 4.69) is 10.6 Å². The maximum Gasteiger partial charge on any atom is 0.241 e. The van der Waals surface area contributed by atoms with Crippen LogP contribution in [0, 0.1) is 5.92 Å². The van der Waals surface area contributed by atoms with Crippen LogP contribution in [-0.2, 0) is 14.3 Å². The van der Waals surface area contributed by atoms with Crippen LogP contribution in [-0.4, -0.2) is 44.7 Å². The predicted molar refractivity (Wildman–Crippen MR) is 90.8 cm³/mol. The third kappa shape index (κ3) is 5.50. The zero-order chi connectivity index (χ0) is 17.4. The Kier molecular flexibility index (Phi) is 7.02. The Balaban J connectivity index is 1.80. The molecule has 2 rings (SSSR count). The molecule has 1 saturated heterocycles. The molecule has 1 unspecified atom stereocenters. The molecule has 0 saturated carbocycles. The van der Waals surface area contributed by atoms with E-state index in [4.69, 9.17) is 15.2 Å². The lowest BCUT2D eigenvalue weighted by atomic mass is 9.92. The Bertz CT molecular complexity index is 541. The maximum atomic E-state index is 12.2. The van der Waals surface area contributed by atoms with Crippen LogP contribution in [0.25, 0.3) is 0 Å². The van der Waals surface area contributed by atoms with Gasteiger partial charge in [0.25, 0.3) is 0 Å². The number of carbonyl (C=O) groups excluding carboxylic acids is 2. The molecule has 7 nitrogen and oxygen atoms in total. The smallest absolute Gasteiger partial charge is 0.241 e. The molecule has 4 N–H and O–H groups in total. The lowest BCUT2D eigenvalue weighted by molar-refractivity contribution is -0.121. The quantitative estimate of drug-likeness (QED) is 0.687. The van der Waals surface area contributed by atoms with Crippen LogP contribution < -0.4 is 21.1 Å². The third-order valence-corrected chi connectivity index (χ3v) is 4.08. The standard InChI is InChI=1S/C17H25N3O4/c1-19-15(21)8-11-24-14-4-2-13(3-5-14)20-17(22)16(18)12-6-9-23-10-7-12/h2-5,12,16H,6-11,18H2,1H3,(H,19,21)(H,20,22). The number of nitrogens with two attached hydrogens (primary N) is 1. The number of amides is 2. The zero-order valence-electron chi connectivity index (χ0n) is 13.9. The molecule has 1 aromatic rings. The van der Waals surface area contributed by atoms with Crippen LogP contribution in [0.3, 0.4) is 0 Å². The lowest BCUT2D eigenvalue weighted by Gasteiger charge is -2.26. The first-order valence-electron chi connectivity index (χ1n) is 8.18. The average Bonchev–Trinajstić information content (AvgIpc) is 2.63. The Hall–Kier alpha value is -2.12. The van der Waals surface area contributed by atoms with Crippen molar-refractivity contribution in [3.8, 4) is 5.75 Å². The van der Waals surface area contributed by atoms with Gasteiger partial charge in [0.1, 0.15) is 5.75 Å². The lowest BCUT2D eigenvalue weighted by Crippen LogP contribution is -2.43. The van der Waals surface area contributed by atoms with Crippen molar-refractivity contribution in [1.29, 1.82) is 0 Å². The van der Waals surface area contributed by atoms with Crippen molar-refractivity contribution in [3.05, 3.63) is 24.3 Å². The number of nitrogens with one attached hydrogen (secondary N) is 2. The molecule has 2 amide bonds. The normalized spacial score (nSPS) is 16.2. The molecule has 1 fully saturated rings. The second-order valence-corrected chi connectivity index (χ2v) is 5.76. The SMILES string of the molecule is CNC(=O)CCOc1ccc(NC(=O)C(N)C2CCOCC2)cc1. The monoisotopic (exact) mass is 335 g/mol. The molecule has 0 aliphatic carbocycles. The van der Waals surface area contributed by atoms with E-state index >= 15 is 0 Å². The van der Waals surface area contributed by atoms with E-state index in [1.165, 1.54) is 0 Å². The second-order valence-electron chi connectivity index (χ2n) is 5.76. The fourth-order valence-corrected chi connectivity index (χ4v) is 2.54. The van der Waals surface area contributed by atoms with Gasteiger partial charge >= 0.3 is 0 Å². The summed E-state index contributed by atoms with van der Waals surface area (Å²) in [6, 6.07) is 6.48. The highest BCUT2D eigenvalue weighted by molar-refractivity contribution is 5.94. The van der Waals surface area contributed by atoms with Crippen molar-refractivity contribution in [2.75, 3.05) is 32.2 Å². The molecular formula is C17H25N3O4. The first kappa shape index (κ1) is 18.2. The molecule has 0 bridgehead atoms. The fraction of sp³-hybridized carbons (Fsp3) is 0.529. The van der Waals surface area contributed by atoms with E-state index in [0.717, 1.165) is 12.8 Å². The van der Waals surface area contributed by atoms with Gasteiger partial charge in [-0.1, -0.05) is 0 Å². The summed E-state index contributed by atoms with van der Waals surface area (Å²) in [6.07, 6.45) is 1.92. The Morgan fingerprint density at radius 2 is 1.96 bits per heavy atom. The Labute approximate surface area is 141 Å². The van der Waals surface area contributed by atoms with E-state index in [1.54, 1.807) is 31.3 Å². The van der Waals surface area contributed by atoms with E-state index in [0.29, 0.717) is 37.7 Å². The Morgan fingerprint density at radius 1 is 1.29 bits per heavy atom. The number of hydrogen-bond donors (Lipinski definition) is 3. The van der Waals surface area contributed by atoms with Crippen molar-refractivity contribution in [1.82, 2.24) is 5.32 Å². The van der Waals surface area contributed by atoms with Crippen LogP contribution in [0.15, 0.2) is 24.3 Å². The number of carbonyl (C=O) groups is 2. The minimum atomic E-state index is -0.530. The van der Waals surface area contributed by atoms with Crippen LogP contribution in [0.2, 0.25) is 0 Å². The van der Waals surface area contributed by atoms with Crippen LogP contribution >= 0.6 is 0 Å². The first-order chi connectivity index (χ1) is 11.6. The molecule has 1 aliphatic heterocycles. The van der Waals surface area contributed by atoms with Crippen molar-refractivity contribution < 1.29 is 19.1 Å². The third-order valence-electron chi connectivity index (χ3n) is 4.08.